The fourth-order valence-electron chi connectivity index (χ4n) is 3.81. The summed E-state index contributed by atoms with van der Waals surface area (Å²) in [6.45, 7) is 0.753. The van der Waals surface area contributed by atoms with Crippen molar-refractivity contribution in [2.75, 3.05) is 11.4 Å². The Morgan fingerprint density at radius 3 is 2.69 bits per heavy atom. The van der Waals surface area contributed by atoms with Crippen LogP contribution in [-0.4, -0.2) is 33.4 Å². The van der Waals surface area contributed by atoms with Crippen molar-refractivity contribution in [1.29, 1.82) is 0 Å². The number of thiophene rings is 1. The zero-order valence-electron chi connectivity index (χ0n) is 15.7. The minimum absolute atomic E-state index is 0.310. The highest BCUT2D eigenvalue weighted by Gasteiger charge is 2.32. The van der Waals surface area contributed by atoms with Crippen LogP contribution in [0.3, 0.4) is 0 Å². The Labute approximate surface area is 172 Å². The van der Waals surface area contributed by atoms with Crippen LogP contribution in [0.2, 0.25) is 0 Å². The van der Waals surface area contributed by atoms with E-state index in [1.165, 1.54) is 0 Å². The number of carbonyl (C=O) groups is 1. The number of pyridine rings is 1. The summed E-state index contributed by atoms with van der Waals surface area (Å²) >= 11 is 1.63. The molecule has 1 atom stereocenters. The fourth-order valence-corrected chi connectivity index (χ4v) is 4.84. The van der Waals surface area contributed by atoms with Gasteiger partial charge < -0.3 is 10.6 Å². The van der Waals surface area contributed by atoms with Gasteiger partial charge in [0, 0.05) is 29.4 Å². The van der Waals surface area contributed by atoms with Gasteiger partial charge in [-0.2, -0.15) is 0 Å². The molecule has 4 heterocycles. The molecule has 29 heavy (non-hydrogen) atoms. The lowest BCUT2D eigenvalue weighted by atomic mass is 10.1. The summed E-state index contributed by atoms with van der Waals surface area (Å²) in [7, 11) is 0. The lowest BCUT2D eigenvalue weighted by molar-refractivity contribution is -0.119. The first-order valence-electron chi connectivity index (χ1n) is 9.54. The molecule has 0 saturated carbocycles. The van der Waals surface area contributed by atoms with Gasteiger partial charge in [-0.05, 0) is 36.6 Å². The number of benzene rings is 1. The van der Waals surface area contributed by atoms with Crippen molar-refractivity contribution in [2.45, 2.75) is 18.9 Å². The van der Waals surface area contributed by atoms with Gasteiger partial charge in [-0.25, -0.2) is 9.97 Å². The number of nitrogens with two attached hydrogens (primary N) is 1. The van der Waals surface area contributed by atoms with Crippen molar-refractivity contribution in [3.8, 4) is 21.8 Å². The van der Waals surface area contributed by atoms with Crippen LogP contribution < -0.4 is 10.6 Å². The summed E-state index contributed by atoms with van der Waals surface area (Å²) < 4.78 is 0. The third kappa shape index (κ3) is 3.23. The number of anilines is 1. The molecule has 6 nitrogen and oxygen atoms in total. The van der Waals surface area contributed by atoms with E-state index in [0.717, 1.165) is 51.4 Å². The maximum Gasteiger partial charge on any atom is 0.240 e. The Morgan fingerprint density at radius 1 is 1.10 bits per heavy atom. The van der Waals surface area contributed by atoms with Crippen molar-refractivity contribution in [2.24, 2.45) is 5.73 Å². The van der Waals surface area contributed by atoms with E-state index in [9.17, 15) is 4.79 Å². The molecule has 144 valence electrons. The predicted molar refractivity (Wildman–Crippen MR) is 116 cm³/mol. The highest BCUT2D eigenvalue weighted by molar-refractivity contribution is 7.22. The molecule has 0 radical (unpaired) electrons. The van der Waals surface area contributed by atoms with Crippen LogP contribution in [0, 0.1) is 0 Å². The van der Waals surface area contributed by atoms with Crippen molar-refractivity contribution in [1.82, 2.24) is 15.0 Å². The summed E-state index contributed by atoms with van der Waals surface area (Å²) in [4.78, 5) is 30.0. The van der Waals surface area contributed by atoms with Crippen LogP contribution in [0.5, 0.6) is 0 Å². The molecule has 0 bridgehead atoms. The molecule has 1 aliphatic heterocycles. The van der Waals surface area contributed by atoms with E-state index in [0.29, 0.717) is 5.82 Å². The topological polar surface area (TPSA) is 85.0 Å². The van der Waals surface area contributed by atoms with Crippen LogP contribution in [0.15, 0.2) is 60.9 Å². The lowest BCUT2D eigenvalue weighted by Gasteiger charge is -2.24. The second kappa shape index (κ2) is 7.25. The van der Waals surface area contributed by atoms with Crippen LogP contribution >= 0.6 is 11.3 Å². The second-order valence-corrected chi connectivity index (χ2v) is 8.09. The summed E-state index contributed by atoms with van der Waals surface area (Å²) in [5.41, 5.74) is 7.67. The molecule has 1 unspecified atom stereocenters. The molecule has 1 fully saturated rings. The van der Waals surface area contributed by atoms with Gasteiger partial charge in [-0.15, -0.1) is 11.3 Å². The Hall–Kier alpha value is -3.32. The van der Waals surface area contributed by atoms with Crippen LogP contribution in [0.4, 0.5) is 5.82 Å². The van der Waals surface area contributed by atoms with Gasteiger partial charge in [0.25, 0.3) is 0 Å². The first-order chi connectivity index (χ1) is 14.2. The van der Waals surface area contributed by atoms with Gasteiger partial charge in [-0.3, -0.25) is 9.78 Å². The van der Waals surface area contributed by atoms with E-state index < -0.39 is 0 Å². The van der Waals surface area contributed by atoms with Crippen molar-refractivity contribution in [3.05, 3.63) is 60.9 Å². The minimum Gasteiger partial charge on any atom is -0.368 e. The number of fused-ring (bicyclic) bond motifs is 1. The standard InChI is InChI=1S/C22H19N5OS/c23-19(28)17-9-5-11-27(17)21-16-12-18(14-6-2-1-3-7-14)29-22(16)26-20(25-21)15-8-4-10-24-13-15/h1-4,6-8,10,12-13,17H,5,9,11H2,(H2,23,28). The Morgan fingerprint density at radius 2 is 1.93 bits per heavy atom. The van der Waals surface area contributed by atoms with Gasteiger partial charge in [-0.1, -0.05) is 30.3 Å². The maximum atomic E-state index is 12.0. The predicted octanol–water partition coefficient (Wildman–Crippen LogP) is 3.87. The van der Waals surface area contributed by atoms with E-state index in [1.54, 1.807) is 23.7 Å². The van der Waals surface area contributed by atoms with E-state index in [2.05, 4.69) is 23.2 Å². The maximum absolute atomic E-state index is 12.0. The zero-order chi connectivity index (χ0) is 19.8. The molecule has 1 aliphatic rings. The molecule has 0 spiro atoms. The van der Waals surface area contributed by atoms with Crippen LogP contribution in [0.25, 0.3) is 32.0 Å². The molecule has 5 rings (SSSR count). The number of primary amides is 1. The Balaban J connectivity index is 1.72. The summed E-state index contributed by atoms with van der Waals surface area (Å²) in [5.74, 6) is 1.07. The third-order valence-corrected chi connectivity index (χ3v) is 6.28. The summed E-state index contributed by atoms with van der Waals surface area (Å²) in [5, 5.41) is 0.953. The molecular formula is C22H19N5OS. The molecule has 0 aliphatic carbocycles. The van der Waals surface area contributed by atoms with Gasteiger partial charge in [0.15, 0.2) is 5.82 Å². The second-order valence-electron chi connectivity index (χ2n) is 7.06. The van der Waals surface area contributed by atoms with Crippen LogP contribution in [-0.2, 0) is 4.79 Å². The number of amides is 1. The zero-order valence-corrected chi connectivity index (χ0v) is 16.5. The van der Waals surface area contributed by atoms with E-state index in [-0.39, 0.29) is 11.9 Å². The molecule has 3 aromatic heterocycles. The third-order valence-electron chi connectivity index (χ3n) is 5.20. The number of rotatable bonds is 4. The molecular weight excluding hydrogens is 382 g/mol. The normalized spacial score (nSPS) is 16.4. The number of carbonyl (C=O) groups excluding carboxylic acids is 1. The van der Waals surface area contributed by atoms with Crippen molar-refractivity contribution < 1.29 is 4.79 Å². The Kier molecular flexibility index (Phi) is 4.44. The average Bonchev–Trinajstić information content (AvgIpc) is 3.41. The largest absolute Gasteiger partial charge is 0.368 e. The van der Waals surface area contributed by atoms with Crippen molar-refractivity contribution in [3.63, 3.8) is 0 Å². The summed E-state index contributed by atoms with van der Waals surface area (Å²) in [6, 6.07) is 15.8. The highest BCUT2D eigenvalue weighted by atomic mass is 32.1. The minimum atomic E-state index is -0.338. The monoisotopic (exact) mass is 401 g/mol. The molecule has 1 aromatic carbocycles. The number of hydrogen-bond acceptors (Lipinski definition) is 6. The molecule has 1 amide bonds. The van der Waals surface area contributed by atoms with E-state index in [4.69, 9.17) is 15.7 Å². The lowest BCUT2D eigenvalue weighted by Crippen LogP contribution is -2.40. The number of hydrogen-bond donors (Lipinski definition) is 1. The molecule has 1 saturated heterocycles. The first-order valence-corrected chi connectivity index (χ1v) is 10.4. The quantitative estimate of drug-likeness (QED) is 0.561. The van der Waals surface area contributed by atoms with Gasteiger partial charge in [0.2, 0.25) is 5.91 Å². The Bertz CT molecular complexity index is 1180. The van der Waals surface area contributed by atoms with Gasteiger partial charge >= 0.3 is 0 Å². The van der Waals surface area contributed by atoms with Gasteiger partial charge in [0.05, 0.1) is 5.39 Å². The first kappa shape index (κ1) is 17.8. The number of nitrogens with zero attached hydrogens (tertiary/aromatic N) is 4. The smallest absolute Gasteiger partial charge is 0.240 e. The fraction of sp³-hybridized carbons (Fsp3) is 0.182. The van der Waals surface area contributed by atoms with E-state index >= 15 is 0 Å². The van der Waals surface area contributed by atoms with Crippen LogP contribution in [0.1, 0.15) is 12.8 Å². The SMILES string of the molecule is NC(=O)C1CCCN1c1nc(-c2cccnc2)nc2sc(-c3ccccc3)cc12. The molecule has 7 heteroatoms. The highest BCUT2D eigenvalue weighted by Crippen LogP contribution is 2.39. The number of aromatic nitrogens is 3. The van der Waals surface area contributed by atoms with Crippen molar-refractivity contribution >= 4 is 33.3 Å². The average molecular weight is 401 g/mol. The van der Waals surface area contributed by atoms with Gasteiger partial charge in [0.1, 0.15) is 16.7 Å². The summed E-state index contributed by atoms with van der Waals surface area (Å²) in [6.07, 6.45) is 5.15. The van der Waals surface area contributed by atoms with E-state index in [1.807, 2.05) is 35.2 Å². The molecule has 2 N–H and O–H groups in total. The molecule has 4 aromatic rings.